The van der Waals surface area contributed by atoms with Crippen molar-refractivity contribution in [3.05, 3.63) is 34.9 Å². The molecule has 0 saturated carbocycles. The maximum absolute atomic E-state index is 13.0. The number of hydrogen-bond acceptors (Lipinski definition) is 4. The van der Waals surface area contributed by atoms with Gasteiger partial charge in [-0.2, -0.15) is 0 Å². The van der Waals surface area contributed by atoms with Crippen molar-refractivity contribution in [2.75, 3.05) is 25.4 Å². The Morgan fingerprint density at radius 1 is 1.30 bits per heavy atom. The summed E-state index contributed by atoms with van der Waals surface area (Å²) >= 11 is 5.89. The molecule has 1 aromatic rings. The topological polar surface area (TPSA) is 74.8 Å². The Kier molecular flexibility index (Phi) is 7.68. The lowest BCUT2D eigenvalue weighted by Gasteiger charge is -2.26. The number of amides is 2. The van der Waals surface area contributed by atoms with Gasteiger partial charge in [-0.05, 0) is 43.9 Å². The smallest absolute Gasteiger partial charge is 0.243 e. The molecule has 0 N–H and O–H groups in total. The van der Waals surface area contributed by atoms with E-state index >= 15 is 0 Å². The van der Waals surface area contributed by atoms with E-state index in [1.165, 1.54) is 0 Å². The van der Waals surface area contributed by atoms with E-state index in [9.17, 15) is 18.0 Å². The van der Waals surface area contributed by atoms with Crippen molar-refractivity contribution >= 4 is 33.4 Å². The highest BCUT2D eigenvalue weighted by atomic mass is 35.5. The van der Waals surface area contributed by atoms with Crippen LogP contribution in [-0.2, 0) is 19.6 Å². The molecule has 1 unspecified atom stereocenters. The van der Waals surface area contributed by atoms with E-state index in [1.54, 1.807) is 43.0 Å². The molecule has 27 heavy (non-hydrogen) atoms. The van der Waals surface area contributed by atoms with E-state index in [4.69, 9.17) is 11.6 Å². The molecule has 0 bridgehead atoms. The molecule has 6 nitrogen and oxygen atoms in total. The summed E-state index contributed by atoms with van der Waals surface area (Å²) in [5, 5.41) is 0.559. The molecule has 1 aliphatic rings. The molecule has 150 valence electrons. The first kappa shape index (κ1) is 21.7. The number of carbonyl (C=O) groups excluding carboxylic acids is 2. The lowest BCUT2D eigenvalue weighted by atomic mass is 10.0. The standard InChI is InChI=1S/C19H27ClN2O4S/c1-3-14-27(25,26)22(13-5-12-21-11-4-6-18(21)23)19(24)15(2)16-7-9-17(20)10-8-16/h7-10,15H,3-6,11-14H2,1-2H3. The molecule has 2 rings (SSSR count). The van der Waals surface area contributed by atoms with Crippen LogP contribution < -0.4 is 0 Å². The Morgan fingerprint density at radius 2 is 1.96 bits per heavy atom. The highest BCUT2D eigenvalue weighted by Crippen LogP contribution is 2.22. The Bertz CT molecular complexity index is 764. The van der Waals surface area contributed by atoms with Gasteiger partial charge in [0.1, 0.15) is 0 Å². The molecule has 1 aliphatic heterocycles. The van der Waals surface area contributed by atoms with E-state index < -0.39 is 21.8 Å². The third kappa shape index (κ3) is 5.69. The molecule has 1 heterocycles. The van der Waals surface area contributed by atoms with Crippen LogP contribution >= 0.6 is 11.6 Å². The summed E-state index contributed by atoms with van der Waals surface area (Å²) in [6.45, 7) is 4.73. The third-order valence-corrected chi connectivity index (χ3v) is 6.95. The first-order valence-corrected chi connectivity index (χ1v) is 11.3. The number of likely N-dealkylation sites (tertiary alicyclic amines) is 1. The minimum Gasteiger partial charge on any atom is -0.343 e. The van der Waals surface area contributed by atoms with Crippen molar-refractivity contribution in [1.82, 2.24) is 9.21 Å². The van der Waals surface area contributed by atoms with Crippen molar-refractivity contribution in [2.45, 2.75) is 45.4 Å². The van der Waals surface area contributed by atoms with Crippen molar-refractivity contribution in [1.29, 1.82) is 0 Å². The van der Waals surface area contributed by atoms with E-state index in [2.05, 4.69) is 0 Å². The monoisotopic (exact) mass is 414 g/mol. The molecule has 1 fully saturated rings. The van der Waals surface area contributed by atoms with Crippen molar-refractivity contribution in [2.24, 2.45) is 0 Å². The molecule has 1 saturated heterocycles. The summed E-state index contributed by atoms with van der Waals surface area (Å²) in [4.78, 5) is 26.4. The second-order valence-corrected chi connectivity index (χ2v) is 9.29. The summed E-state index contributed by atoms with van der Waals surface area (Å²) < 4.78 is 26.3. The van der Waals surface area contributed by atoms with E-state index in [1.807, 2.05) is 0 Å². The largest absolute Gasteiger partial charge is 0.343 e. The average Bonchev–Trinajstić information content (AvgIpc) is 3.03. The second kappa shape index (κ2) is 9.55. The van der Waals surface area contributed by atoms with Crippen LogP contribution in [0.5, 0.6) is 0 Å². The summed E-state index contributed by atoms with van der Waals surface area (Å²) in [7, 11) is -3.69. The van der Waals surface area contributed by atoms with E-state index in [0.29, 0.717) is 37.4 Å². The molecular weight excluding hydrogens is 388 g/mol. The molecule has 0 radical (unpaired) electrons. The first-order chi connectivity index (χ1) is 12.8. The molecule has 0 aromatic heterocycles. The van der Waals surface area contributed by atoms with Crippen molar-refractivity contribution in [3.8, 4) is 0 Å². The number of hydrogen-bond donors (Lipinski definition) is 0. The van der Waals surface area contributed by atoms with Gasteiger partial charge in [-0.25, -0.2) is 12.7 Å². The highest BCUT2D eigenvalue weighted by Gasteiger charge is 2.31. The lowest BCUT2D eigenvalue weighted by molar-refractivity contribution is -0.128. The van der Waals surface area contributed by atoms with Gasteiger partial charge in [0.15, 0.2) is 0 Å². The summed E-state index contributed by atoms with van der Waals surface area (Å²) in [5.74, 6) is -1.02. The molecule has 0 aliphatic carbocycles. The first-order valence-electron chi connectivity index (χ1n) is 9.33. The van der Waals surface area contributed by atoms with Crippen LogP contribution in [0.3, 0.4) is 0 Å². The molecule has 1 aromatic carbocycles. The zero-order valence-corrected chi connectivity index (χ0v) is 17.4. The highest BCUT2D eigenvalue weighted by molar-refractivity contribution is 7.89. The van der Waals surface area contributed by atoms with Gasteiger partial charge >= 0.3 is 0 Å². The van der Waals surface area contributed by atoms with Gasteiger partial charge in [-0.15, -0.1) is 0 Å². The normalized spacial score (nSPS) is 15.8. The SMILES string of the molecule is CCCS(=O)(=O)N(CCCN1CCCC1=O)C(=O)C(C)c1ccc(Cl)cc1. The number of carbonyl (C=O) groups is 2. The zero-order chi connectivity index (χ0) is 20.0. The van der Waals surface area contributed by atoms with Gasteiger partial charge in [0, 0.05) is 31.1 Å². The molecule has 0 spiro atoms. The average molecular weight is 415 g/mol. The van der Waals surface area contributed by atoms with Crippen LogP contribution in [-0.4, -0.2) is 54.8 Å². The Hall–Kier alpha value is -1.60. The Labute approximate surface area is 166 Å². The summed E-state index contributed by atoms with van der Waals surface area (Å²) in [5.41, 5.74) is 0.718. The van der Waals surface area contributed by atoms with E-state index in [0.717, 1.165) is 16.3 Å². The van der Waals surface area contributed by atoms with Gasteiger partial charge in [0.05, 0.1) is 11.7 Å². The van der Waals surface area contributed by atoms with Crippen molar-refractivity contribution in [3.63, 3.8) is 0 Å². The van der Waals surface area contributed by atoms with Gasteiger partial charge < -0.3 is 4.90 Å². The fraction of sp³-hybridized carbons (Fsp3) is 0.579. The van der Waals surface area contributed by atoms with Crippen LogP contribution in [0.4, 0.5) is 0 Å². The van der Waals surface area contributed by atoms with Crippen LogP contribution in [0.25, 0.3) is 0 Å². The van der Waals surface area contributed by atoms with Gasteiger partial charge in [-0.1, -0.05) is 30.7 Å². The van der Waals surface area contributed by atoms with Gasteiger partial charge in [0.25, 0.3) is 0 Å². The number of nitrogens with zero attached hydrogens (tertiary/aromatic N) is 2. The minimum atomic E-state index is -3.69. The predicted molar refractivity (Wildman–Crippen MR) is 106 cm³/mol. The lowest BCUT2D eigenvalue weighted by Crippen LogP contribution is -2.42. The number of sulfonamides is 1. The van der Waals surface area contributed by atoms with Crippen LogP contribution in [0.2, 0.25) is 5.02 Å². The van der Waals surface area contributed by atoms with Crippen LogP contribution in [0.15, 0.2) is 24.3 Å². The Morgan fingerprint density at radius 3 is 2.52 bits per heavy atom. The number of rotatable bonds is 9. The quantitative estimate of drug-likeness (QED) is 0.622. The number of benzene rings is 1. The van der Waals surface area contributed by atoms with Crippen LogP contribution in [0, 0.1) is 0 Å². The molecule has 8 heteroatoms. The fourth-order valence-electron chi connectivity index (χ4n) is 3.21. The Balaban J connectivity index is 2.11. The predicted octanol–water partition coefficient (Wildman–Crippen LogP) is 3.02. The molecule has 1 atom stereocenters. The van der Waals surface area contributed by atoms with E-state index in [-0.39, 0.29) is 18.2 Å². The van der Waals surface area contributed by atoms with Crippen LogP contribution in [0.1, 0.15) is 51.0 Å². The zero-order valence-electron chi connectivity index (χ0n) is 15.9. The minimum absolute atomic E-state index is 0.0747. The molecular formula is C19H27ClN2O4S. The number of halogens is 1. The maximum Gasteiger partial charge on any atom is 0.243 e. The van der Waals surface area contributed by atoms with Gasteiger partial charge in [0.2, 0.25) is 21.8 Å². The third-order valence-electron chi connectivity index (χ3n) is 4.74. The second-order valence-electron chi connectivity index (χ2n) is 6.84. The maximum atomic E-state index is 13.0. The summed E-state index contributed by atoms with van der Waals surface area (Å²) in [6.07, 6.45) is 2.26. The molecule has 2 amide bonds. The van der Waals surface area contributed by atoms with Crippen molar-refractivity contribution < 1.29 is 18.0 Å². The van der Waals surface area contributed by atoms with Gasteiger partial charge in [-0.3, -0.25) is 9.59 Å². The summed E-state index contributed by atoms with van der Waals surface area (Å²) in [6, 6.07) is 6.84. The fourth-order valence-corrected chi connectivity index (χ4v) is 4.91.